The van der Waals surface area contributed by atoms with E-state index in [0.717, 1.165) is 30.9 Å². The quantitative estimate of drug-likeness (QED) is 0.822. The highest BCUT2D eigenvalue weighted by molar-refractivity contribution is 5.09. The van der Waals surface area contributed by atoms with Crippen LogP contribution in [0.5, 0.6) is 0 Å². The normalized spacial score (nSPS) is 14.9. The van der Waals surface area contributed by atoms with Crippen LogP contribution in [0.4, 0.5) is 0 Å². The number of hydrogen-bond acceptors (Lipinski definition) is 3. The van der Waals surface area contributed by atoms with Crippen molar-refractivity contribution in [3.63, 3.8) is 0 Å². The number of aryl methyl sites for hydroxylation is 1. The first kappa shape index (κ1) is 14.1. The summed E-state index contributed by atoms with van der Waals surface area (Å²) in [5, 5.41) is 0. The minimum atomic E-state index is 0.245. The highest BCUT2D eigenvalue weighted by Crippen LogP contribution is 2.08. The molecule has 96 valence electrons. The Hall–Kier alpha value is -0.930. The third-order valence-electron chi connectivity index (χ3n) is 3.28. The van der Waals surface area contributed by atoms with E-state index in [9.17, 15) is 0 Å². The third-order valence-corrected chi connectivity index (χ3v) is 3.28. The van der Waals surface area contributed by atoms with E-state index in [0.29, 0.717) is 5.92 Å². The fourth-order valence-corrected chi connectivity index (χ4v) is 1.87. The molecule has 0 amide bonds. The van der Waals surface area contributed by atoms with E-state index in [4.69, 9.17) is 5.73 Å². The summed E-state index contributed by atoms with van der Waals surface area (Å²) in [5.41, 5.74) is 8.34. The van der Waals surface area contributed by atoms with Crippen LogP contribution in [0.2, 0.25) is 0 Å². The summed E-state index contributed by atoms with van der Waals surface area (Å²) in [6, 6.07) is 6.39. The van der Waals surface area contributed by atoms with E-state index in [-0.39, 0.29) is 6.04 Å². The van der Waals surface area contributed by atoms with Crippen LogP contribution in [0.3, 0.4) is 0 Å². The lowest BCUT2D eigenvalue weighted by atomic mass is 10.00. The average Bonchev–Trinajstić information content (AvgIpc) is 2.27. The molecule has 1 aromatic heterocycles. The fraction of sp³-hybridized carbons (Fsp3) is 0.643. The number of aromatic nitrogens is 1. The van der Waals surface area contributed by atoms with Gasteiger partial charge in [-0.15, -0.1) is 0 Å². The Balaban J connectivity index is 2.47. The van der Waals surface area contributed by atoms with Gasteiger partial charge in [-0.05, 0) is 32.0 Å². The Bertz CT molecular complexity index is 338. The van der Waals surface area contributed by atoms with E-state index >= 15 is 0 Å². The molecule has 0 aromatic carbocycles. The molecule has 0 fully saturated rings. The summed E-state index contributed by atoms with van der Waals surface area (Å²) in [7, 11) is 2.10. The molecule has 0 aliphatic heterocycles. The first-order valence-electron chi connectivity index (χ1n) is 6.39. The van der Waals surface area contributed by atoms with Gasteiger partial charge in [-0.25, -0.2) is 0 Å². The van der Waals surface area contributed by atoms with Crippen molar-refractivity contribution in [2.75, 3.05) is 13.6 Å². The zero-order valence-corrected chi connectivity index (χ0v) is 11.5. The van der Waals surface area contributed by atoms with Crippen molar-refractivity contribution in [3.8, 4) is 0 Å². The highest BCUT2D eigenvalue weighted by atomic mass is 15.1. The Morgan fingerprint density at radius 2 is 2.12 bits per heavy atom. The lowest BCUT2D eigenvalue weighted by Gasteiger charge is -2.24. The van der Waals surface area contributed by atoms with E-state index in [1.807, 2.05) is 13.0 Å². The van der Waals surface area contributed by atoms with Gasteiger partial charge in [0.15, 0.2) is 0 Å². The molecular weight excluding hydrogens is 210 g/mol. The fourth-order valence-electron chi connectivity index (χ4n) is 1.87. The molecule has 0 radical (unpaired) electrons. The zero-order valence-electron chi connectivity index (χ0n) is 11.5. The van der Waals surface area contributed by atoms with E-state index in [1.165, 1.54) is 0 Å². The highest BCUT2D eigenvalue weighted by Gasteiger charge is 2.13. The molecule has 0 aliphatic rings. The molecule has 0 aliphatic carbocycles. The maximum absolute atomic E-state index is 6.15. The molecule has 1 rings (SSSR count). The van der Waals surface area contributed by atoms with Crippen LogP contribution >= 0.6 is 0 Å². The van der Waals surface area contributed by atoms with Gasteiger partial charge in [0.1, 0.15) is 0 Å². The van der Waals surface area contributed by atoms with Crippen molar-refractivity contribution in [3.05, 3.63) is 29.6 Å². The maximum Gasteiger partial charge on any atom is 0.0547 e. The van der Waals surface area contributed by atoms with Crippen molar-refractivity contribution < 1.29 is 0 Å². The minimum Gasteiger partial charge on any atom is -0.326 e. The molecule has 2 unspecified atom stereocenters. The van der Waals surface area contributed by atoms with Crippen LogP contribution in [-0.2, 0) is 6.54 Å². The SMILES string of the molecule is CCC(C)C(N)CN(C)Cc1cccc(C)n1. The number of nitrogens with zero attached hydrogens (tertiary/aromatic N) is 2. The first-order valence-corrected chi connectivity index (χ1v) is 6.39. The number of likely N-dealkylation sites (N-methyl/N-ethyl adjacent to an activating group) is 1. The molecule has 3 heteroatoms. The maximum atomic E-state index is 6.15. The second-order valence-electron chi connectivity index (χ2n) is 5.02. The molecule has 2 atom stereocenters. The van der Waals surface area contributed by atoms with Crippen molar-refractivity contribution in [1.29, 1.82) is 0 Å². The van der Waals surface area contributed by atoms with Crippen LogP contribution in [-0.4, -0.2) is 29.5 Å². The average molecular weight is 235 g/mol. The summed E-state index contributed by atoms with van der Waals surface area (Å²) >= 11 is 0. The first-order chi connectivity index (χ1) is 8.02. The van der Waals surface area contributed by atoms with Gasteiger partial charge in [0.2, 0.25) is 0 Å². The van der Waals surface area contributed by atoms with Crippen molar-refractivity contribution in [1.82, 2.24) is 9.88 Å². The molecule has 3 nitrogen and oxygen atoms in total. The second-order valence-corrected chi connectivity index (χ2v) is 5.02. The summed E-state index contributed by atoms with van der Waals surface area (Å²) in [6.45, 7) is 8.21. The van der Waals surface area contributed by atoms with E-state index < -0.39 is 0 Å². The lowest BCUT2D eigenvalue weighted by molar-refractivity contribution is 0.265. The molecular formula is C14H25N3. The molecule has 0 saturated carbocycles. The molecule has 0 saturated heterocycles. The Labute approximate surface area is 105 Å². The van der Waals surface area contributed by atoms with Crippen molar-refractivity contribution >= 4 is 0 Å². The number of nitrogens with two attached hydrogens (primary N) is 1. The molecule has 17 heavy (non-hydrogen) atoms. The zero-order chi connectivity index (χ0) is 12.8. The lowest BCUT2D eigenvalue weighted by Crippen LogP contribution is -2.39. The summed E-state index contributed by atoms with van der Waals surface area (Å²) in [6.07, 6.45) is 1.14. The van der Waals surface area contributed by atoms with Crippen LogP contribution in [0, 0.1) is 12.8 Å². The van der Waals surface area contributed by atoms with E-state index in [2.05, 4.69) is 42.9 Å². The topological polar surface area (TPSA) is 42.1 Å². The number of rotatable bonds is 6. The van der Waals surface area contributed by atoms with Crippen LogP contribution in [0.1, 0.15) is 31.7 Å². The second kappa shape index (κ2) is 6.72. The van der Waals surface area contributed by atoms with Gasteiger partial charge in [0.25, 0.3) is 0 Å². The summed E-state index contributed by atoms with van der Waals surface area (Å²) in [5.74, 6) is 0.572. The Kier molecular flexibility index (Phi) is 5.59. The monoisotopic (exact) mass is 235 g/mol. The van der Waals surface area contributed by atoms with Gasteiger partial charge >= 0.3 is 0 Å². The predicted octanol–water partition coefficient (Wildman–Crippen LogP) is 2.20. The van der Waals surface area contributed by atoms with Gasteiger partial charge < -0.3 is 5.73 Å². The predicted molar refractivity (Wildman–Crippen MR) is 72.7 cm³/mol. The molecule has 0 bridgehead atoms. The van der Waals surface area contributed by atoms with Gasteiger partial charge in [0.05, 0.1) is 5.69 Å². The standard InChI is InChI=1S/C14H25N3/c1-5-11(2)14(15)10-17(4)9-13-8-6-7-12(3)16-13/h6-8,11,14H,5,9-10,15H2,1-4H3. The van der Waals surface area contributed by atoms with Gasteiger partial charge in [-0.3, -0.25) is 9.88 Å². The Morgan fingerprint density at radius 3 is 2.71 bits per heavy atom. The van der Waals surface area contributed by atoms with Crippen molar-refractivity contribution in [2.45, 2.75) is 39.8 Å². The van der Waals surface area contributed by atoms with Gasteiger partial charge in [0, 0.05) is 24.8 Å². The van der Waals surface area contributed by atoms with Crippen LogP contribution < -0.4 is 5.73 Å². The van der Waals surface area contributed by atoms with Crippen LogP contribution in [0.25, 0.3) is 0 Å². The summed E-state index contributed by atoms with van der Waals surface area (Å²) < 4.78 is 0. The molecule has 1 aromatic rings. The molecule has 1 heterocycles. The minimum absolute atomic E-state index is 0.245. The van der Waals surface area contributed by atoms with Gasteiger partial charge in [-0.2, -0.15) is 0 Å². The molecule has 2 N–H and O–H groups in total. The van der Waals surface area contributed by atoms with Crippen LogP contribution in [0.15, 0.2) is 18.2 Å². The summed E-state index contributed by atoms with van der Waals surface area (Å²) in [4.78, 5) is 6.75. The number of pyridine rings is 1. The van der Waals surface area contributed by atoms with Crippen molar-refractivity contribution in [2.24, 2.45) is 11.7 Å². The molecule has 0 spiro atoms. The van der Waals surface area contributed by atoms with E-state index in [1.54, 1.807) is 0 Å². The van der Waals surface area contributed by atoms with Gasteiger partial charge in [-0.1, -0.05) is 26.3 Å². The third kappa shape index (κ3) is 4.84. The Morgan fingerprint density at radius 1 is 1.41 bits per heavy atom. The number of hydrogen-bond donors (Lipinski definition) is 1. The largest absolute Gasteiger partial charge is 0.326 e. The smallest absolute Gasteiger partial charge is 0.0547 e.